The minimum absolute atomic E-state index is 0.435. The highest BCUT2D eigenvalue weighted by Gasteiger charge is 2.03. The second kappa shape index (κ2) is 3.95. The number of aryl methyl sites for hydroxylation is 2. The van der Waals surface area contributed by atoms with E-state index in [0.29, 0.717) is 6.54 Å². The first-order chi connectivity index (χ1) is 6.15. The molecule has 2 heteroatoms. The van der Waals surface area contributed by atoms with Gasteiger partial charge in [-0.3, -0.25) is 0 Å². The zero-order valence-corrected chi connectivity index (χ0v) is 8.33. The maximum Gasteiger partial charge on any atom is 0.105 e. The molecule has 0 radical (unpaired) electrons. The maximum absolute atomic E-state index is 8.57. The fourth-order valence-electron chi connectivity index (χ4n) is 1.32. The monoisotopic (exact) mass is 174 g/mol. The molecule has 0 aromatic heterocycles. The lowest BCUT2D eigenvalue weighted by Crippen LogP contribution is -2.18. The normalized spacial score (nSPS) is 9.38. The molecule has 0 amide bonds. The third-order valence-electron chi connectivity index (χ3n) is 2.08. The van der Waals surface area contributed by atoms with Gasteiger partial charge in [0.15, 0.2) is 0 Å². The summed E-state index contributed by atoms with van der Waals surface area (Å²) in [5.41, 5.74) is 3.58. The smallest absolute Gasteiger partial charge is 0.105 e. The number of benzene rings is 1. The van der Waals surface area contributed by atoms with Gasteiger partial charge in [0, 0.05) is 12.7 Å². The second-order valence-electron chi connectivity index (χ2n) is 3.30. The highest BCUT2D eigenvalue weighted by molar-refractivity contribution is 5.54. The van der Waals surface area contributed by atoms with E-state index in [1.807, 2.05) is 11.9 Å². The van der Waals surface area contributed by atoms with Gasteiger partial charge in [-0.1, -0.05) is 12.1 Å². The van der Waals surface area contributed by atoms with Crippen molar-refractivity contribution >= 4 is 5.69 Å². The zero-order valence-electron chi connectivity index (χ0n) is 8.33. The van der Waals surface area contributed by atoms with E-state index in [4.69, 9.17) is 5.26 Å². The van der Waals surface area contributed by atoms with Gasteiger partial charge in [-0.2, -0.15) is 5.26 Å². The van der Waals surface area contributed by atoms with Gasteiger partial charge in [0.05, 0.1) is 6.07 Å². The van der Waals surface area contributed by atoms with Gasteiger partial charge in [0.25, 0.3) is 0 Å². The van der Waals surface area contributed by atoms with Crippen molar-refractivity contribution in [2.45, 2.75) is 13.8 Å². The van der Waals surface area contributed by atoms with Gasteiger partial charge >= 0.3 is 0 Å². The molecule has 1 rings (SSSR count). The van der Waals surface area contributed by atoms with Gasteiger partial charge in [0.1, 0.15) is 6.54 Å². The van der Waals surface area contributed by atoms with Crippen LogP contribution in [0.1, 0.15) is 11.1 Å². The molecule has 13 heavy (non-hydrogen) atoms. The Morgan fingerprint density at radius 3 is 2.69 bits per heavy atom. The summed E-state index contributed by atoms with van der Waals surface area (Å²) in [6.45, 7) is 4.55. The quantitative estimate of drug-likeness (QED) is 0.643. The number of nitrogens with zero attached hydrogens (tertiary/aromatic N) is 2. The Labute approximate surface area is 79.4 Å². The molecule has 1 aromatic rings. The number of hydrogen-bond donors (Lipinski definition) is 0. The first kappa shape index (κ1) is 9.60. The summed E-state index contributed by atoms with van der Waals surface area (Å²) >= 11 is 0. The summed E-state index contributed by atoms with van der Waals surface area (Å²) < 4.78 is 0. The standard InChI is InChI=1S/C11H14N2/c1-9-4-5-10(2)11(8-9)13(3)7-6-12/h4-5,8H,7H2,1-3H3. The van der Waals surface area contributed by atoms with Crippen LogP contribution in [-0.4, -0.2) is 13.6 Å². The molecule has 0 aliphatic carbocycles. The minimum atomic E-state index is 0.435. The van der Waals surface area contributed by atoms with E-state index in [1.165, 1.54) is 11.1 Å². The predicted octanol–water partition coefficient (Wildman–Crippen LogP) is 2.26. The molecule has 0 heterocycles. The molecule has 0 saturated heterocycles. The summed E-state index contributed by atoms with van der Waals surface area (Å²) in [6, 6.07) is 8.41. The van der Waals surface area contributed by atoms with Crippen LogP contribution >= 0.6 is 0 Å². The second-order valence-corrected chi connectivity index (χ2v) is 3.30. The summed E-state index contributed by atoms with van der Waals surface area (Å²) in [7, 11) is 1.94. The topological polar surface area (TPSA) is 27.0 Å². The van der Waals surface area contributed by atoms with Crippen LogP contribution in [0.3, 0.4) is 0 Å². The van der Waals surface area contributed by atoms with Gasteiger partial charge < -0.3 is 4.90 Å². The molecule has 1 aromatic carbocycles. The van der Waals surface area contributed by atoms with Crippen molar-refractivity contribution in [3.8, 4) is 6.07 Å². The lowest BCUT2D eigenvalue weighted by atomic mass is 10.1. The van der Waals surface area contributed by atoms with E-state index >= 15 is 0 Å². The SMILES string of the molecule is Cc1ccc(C)c(N(C)CC#N)c1. The molecule has 0 aliphatic rings. The third kappa shape index (κ3) is 2.22. The molecular weight excluding hydrogens is 160 g/mol. The Bertz CT molecular complexity index is 336. The summed E-state index contributed by atoms with van der Waals surface area (Å²) in [5, 5.41) is 8.57. The van der Waals surface area contributed by atoms with Crippen LogP contribution in [0, 0.1) is 25.2 Å². The van der Waals surface area contributed by atoms with E-state index < -0.39 is 0 Å². The Hall–Kier alpha value is -1.49. The van der Waals surface area contributed by atoms with E-state index in [-0.39, 0.29) is 0 Å². The van der Waals surface area contributed by atoms with E-state index in [1.54, 1.807) is 0 Å². The number of hydrogen-bond acceptors (Lipinski definition) is 2. The molecule has 0 N–H and O–H groups in total. The van der Waals surface area contributed by atoms with Crippen molar-refractivity contribution < 1.29 is 0 Å². The third-order valence-corrected chi connectivity index (χ3v) is 2.08. The van der Waals surface area contributed by atoms with Crippen LogP contribution in [0.2, 0.25) is 0 Å². The van der Waals surface area contributed by atoms with E-state index in [9.17, 15) is 0 Å². The fourth-order valence-corrected chi connectivity index (χ4v) is 1.32. The average Bonchev–Trinajstić information content (AvgIpc) is 2.09. The zero-order chi connectivity index (χ0) is 9.84. The van der Waals surface area contributed by atoms with Gasteiger partial charge in [-0.05, 0) is 31.0 Å². The maximum atomic E-state index is 8.57. The summed E-state index contributed by atoms with van der Waals surface area (Å²) in [4.78, 5) is 1.96. The predicted molar refractivity (Wildman–Crippen MR) is 54.8 cm³/mol. The highest BCUT2D eigenvalue weighted by Crippen LogP contribution is 2.19. The van der Waals surface area contributed by atoms with Crippen LogP contribution in [0.5, 0.6) is 0 Å². The van der Waals surface area contributed by atoms with Gasteiger partial charge in [0.2, 0.25) is 0 Å². The molecule has 0 atom stereocenters. The number of anilines is 1. The van der Waals surface area contributed by atoms with Crippen molar-refractivity contribution in [2.24, 2.45) is 0 Å². The highest BCUT2D eigenvalue weighted by atomic mass is 15.1. The fraction of sp³-hybridized carbons (Fsp3) is 0.364. The van der Waals surface area contributed by atoms with Crippen molar-refractivity contribution in [1.82, 2.24) is 0 Å². The lowest BCUT2D eigenvalue weighted by Gasteiger charge is -2.18. The molecule has 0 bridgehead atoms. The van der Waals surface area contributed by atoms with Crippen molar-refractivity contribution in [3.05, 3.63) is 29.3 Å². The molecular formula is C11H14N2. The largest absolute Gasteiger partial charge is 0.361 e. The Balaban J connectivity index is 3.00. The van der Waals surface area contributed by atoms with Gasteiger partial charge in [-0.25, -0.2) is 0 Å². The van der Waals surface area contributed by atoms with Crippen molar-refractivity contribution in [3.63, 3.8) is 0 Å². The van der Waals surface area contributed by atoms with Crippen LogP contribution in [-0.2, 0) is 0 Å². The first-order valence-corrected chi connectivity index (χ1v) is 4.30. The molecule has 0 saturated carbocycles. The lowest BCUT2D eigenvalue weighted by molar-refractivity contribution is 1.02. The minimum Gasteiger partial charge on any atom is -0.361 e. The first-order valence-electron chi connectivity index (χ1n) is 4.30. The number of rotatable bonds is 2. The Morgan fingerprint density at radius 2 is 2.08 bits per heavy atom. The van der Waals surface area contributed by atoms with Crippen LogP contribution in [0.25, 0.3) is 0 Å². The Kier molecular flexibility index (Phi) is 2.92. The molecule has 68 valence electrons. The average molecular weight is 174 g/mol. The van der Waals surface area contributed by atoms with Crippen LogP contribution in [0.15, 0.2) is 18.2 Å². The van der Waals surface area contributed by atoms with Crippen molar-refractivity contribution in [1.29, 1.82) is 5.26 Å². The summed E-state index contributed by atoms with van der Waals surface area (Å²) in [5.74, 6) is 0. The molecule has 0 unspecified atom stereocenters. The van der Waals surface area contributed by atoms with Crippen LogP contribution < -0.4 is 4.90 Å². The van der Waals surface area contributed by atoms with E-state index in [2.05, 4.69) is 38.1 Å². The van der Waals surface area contributed by atoms with Crippen molar-refractivity contribution in [2.75, 3.05) is 18.5 Å². The Morgan fingerprint density at radius 1 is 1.38 bits per heavy atom. The van der Waals surface area contributed by atoms with Gasteiger partial charge in [-0.15, -0.1) is 0 Å². The molecule has 0 fully saturated rings. The summed E-state index contributed by atoms with van der Waals surface area (Å²) in [6.07, 6.45) is 0. The van der Waals surface area contributed by atoms with E-state index in [0.717, 1.165) is 5.69 Å². The molecule has 0 spiro atoms. The van der Waals surface area contributed by atoms with Crippen LogP contribution in [0.4, 0.5) is 5.69 Å². The number of nitriles is 1. The molecule has 2 nitrogen and oxygen atoms in total. The molecule has 0 aliphatic heterocycles.